The lowest BCUT2D eigenvalue weighted by atomic mass is 10.1. The molecule has 0 saturated carbocycles. The molecule has 1 heterocycles. The smallest absolute Gasteiger partial charge is 0.238 e. The van der Waals surface area contributed by atoms with Crippen LogP contribution in [0.3, 0.4) is 0 Å². The van der Waals surface area contributed by atoms with Gasteiger partial charge in [-0.2, -0.15) is 8.42 Å². The van der Waals surface area contributed by atoms with Gasteiger partial charge in [-0.15, -0.1) is 0 Å². The Kier molecular flexibility index (Phi) is 4.67. The summed E-state index contributed by atoms with van der Waals surface area (Å²) >= 11 is 0. The molecule has 122 valence electrons. The number of benzene rings is 2. The third kappa shape index (κ3) is 3.49. The molecule has 0 unspecified atom stereocenters. The van der Waals surface area contributed by atoms with Crippen LogP contribution in [0.15, 0.2) is 72.9 Å². The second kappa shape index (κ2) is 7.06. The van der Waals surface area contributed by atoms with Gasteiger partial charge in [-0.1, -0.05) is 42.5 Å². The lowest BCUT2D eigenvalue weighted by Crippen LogP contribution is -2.00. The van der Waals surface area contributed by atoms with Crippen molar-refractivity contribution in [3.8, 4) is 11.5 Å². The number of pyridine rings is 1. The van der Waals surface area contributed by atoms with Crippen LogP contribution in [0.5, 0.6) is 11.5 Å². The van der Waals surface area contributed by atoms with Crippen LogP contribution in [0.25, 0.3) is 0 Å². The van der Waals surface area contributed by atoms with Gasteiger partial charge in [-0.05, 0) is 41.6 Å². The van der Waals surface area contributed by atoms with E-state index >= 15 is 0 Å². The summed E-state index contributed by atoms with van der Waals surface area (Å²) in [7, 11) is -2.61. The summed E-state index contributed by atoms with van der Waals surface area (Å²) in [6.07, 6.45) is 1.44. The first kappa shape index (κ1) is 15.9. The fourth-order valence-electron chi connectivity index (χ4n) is 2.40. The highest BCUT2D eigenvalue weighted by atomic mass is 32.2. The van der Waals surface area contributed by atoms with Crippen molar-refractivity contribution in [2.75, 3.05) is 0 Å². The molecule has 3 rings (SSSR count). The number of aromatic nitrogens is 1. The van der Waals surface area contributed by atoms with Crippen molar-refractivity contribution >= 4 is 10.3 Å². The standard InChI is InChI=1S/C18H14NO4S/c20-19-12-6-8-15(18(19)24(21)22)13-14-7-4-5-11-17(14)23-16-9-2-1-3-10-16/h1-12H,13H2/q-1. The van der Waals surface area contributed by atoms with E-state index in [1.54, 1.807) is 6.07 Å². The largest absolute Gasteiger partial charge is 0.805 e. The fourth-order valence-corrected chi connectivity index (χ4v) is 2.97. The van der Waals surface area contributed by atoms with Crippen molar-refractivity contribution in [2.45, 2.75) is 6.42 Å². The Bertz CT molecular complexity index is 1020. The summed E-state index contributed by atoms with van der Waals surface area (Å²) in [4.78, 5) is 0. The minimum Gasteiger partial charge on any atom is -0.805 e. The molecule has 0 saturated heterocycles. The Morgan fingerprint density at radius 3 is 2.29 bits per heavy atom. The molecule has 1 aromatic heterocycles. The highest BCUT2D eigenvalue weighted by Crippen LogP contribution is 2.27. The van der Waals surface area contributed by atoms with E-state index in [0.717, 1.165) is 5.56 Å². The Labute approximate surface area is 140 Å². The zero-order valence-electron chi connectivity index (χ0n) is 12.6. The predicted octanol–water partition coefficient (Wildman–Crippen LogP) is 3.63. The van der Waals surface area contributed by atoms with Crippen LogP contribution in [-0.2, 0) is 16.7 Å². The number of nitrogens with zero attached hydrogens (tertiary/aromatic N) is 1. The average molecular weight is 340 g/mol. The van der Waals surface area contributed by atoms with Gasteiger partial charge in [0.25, 0.3) is 0 Å². The normalized spacial score (nSPS) is 10.3. The number of para-hydroxylation sites is 2. The van der Waals surface area contributed by atoms with Crippen molar-refractivity contribution in [3.63, 3.8) is 0 Å². The maximum atomic E-state index is 11.7. The minimum absolute atomic E-state index is 0.271. The lowest BCUT2D eigenvalue weighted by Gasteiger charge is -2.14. The third-order valence-corrected chi connectivity index (χ3v) is 4.23. The quantitative estimate of drug-likeness (QED) is 0.680. The van der Waals surface area contributed by atoms with Gasteiger partial charge in [-0.3, -0.25) is 0 Å². The van der Waals surface area contributed by atoms with E-state index in [9.17, 15) is 13.6 Å². The molecule has 0 radical (unpaired) electrons. The van der Waals surface area contributed by atoms with E-state index in [2.05, 4.69) is 0 Å². The molecule has 0 aliphatic heterocycles. The predicted molar refractivity (Wildman–Crippen MR) is 91.1 cm³/mol. The summed E-state index contributed by atoms with van der Waals surface area (Å²) < 4.78 is 28.7. The Morgan fingerprint density at radius 2 is 1.54 bits per heavy atom. The molecular formula is C18H14NO4S-. The topological polar surface area (TPSA) is 71.4 Å². The molecule has 0 amide bonds. The highest BCUT2D eigenvalue weighted by molar-refractivity contribution is 7.63. The van der Waals surface area contributed by atoms with Crippen LogP contribution < -0.4 is 4.74 Å². The Morgan fingerprint density at radius 1 is 0.875 bits per heavy atom. The Hall–Kier alpha value is -2.99. The van der Waals surface area contributed by atoms with Gasteiger partial charge in [0.2, 0.25) is 10.3 Å². The second-order valence-corrected chi connectivity index (χ2v) is 5.95. The molecule has 0 bridgehead atoms. The minimum atomic E-state index is -2.61. The van der Waals surface area contributed by atoms with Crippen LogP contribution in [0.2, 0.25) is 0 Å². The lowest BCUT2D eigenvalue weighted by molar-refractivity contribution is 0.477. The van der Waals surface area contributed by atoms with Crippen molar-refractivity contribution in [3.05, 3.63) is 93.9 Å². The fraction of sp³-hybridized carbons (Fsp3) is 0.0556. The van der Waals surface area contributed by atoms with Gasteiger partial charge >= 0.3 is 0 Å². The molecule has 0 aliphatic carbocycles. The molecule has 0 N–H and O–H groups in total. The maximum Gasteiger partial charge on any atom is 0.238 e. The molecule has 6 heteroatoms. The van der Waals surface area contributed by atoms with E-state index in [1.165, 1.54) is 12.3 Å². The zero-order chi connectivity index (χ0) is 16.9. The molecule has 5 nitrogen and oxygen atoms in total. The van der Waals surface area contributed by atoms with Crippen LogP contribution in [-0.4, -0.2) is 13.1 Å². The van der Waals surface area contributed by atoms with Crippen LogP contribution >= 0.6 is 0 Å². The van der Waals surface area contributed by atoms with E-state index in [4.69, 9.17) is 4.74 Å². The molecule has 0 aliphatic rings. The van der Waals surface area contributed by atoms with E-state index in [1.807, 2.05) is 54.6 Å². The van der Waals surface area contributed by atoms with Crippen molar-refractivity contribution in [1.29, 1.82) is 0 Å². The summed E-state index contributed by atoms with van der Waals surface area (Å²) in [5, 5.41) is 11.7. The Balaban J connectivity index is 2.01. The first-order valence-corrected chi connectivity index (χ1v) is 8.34. The maximum absolute atomic E-state index is 11.7. The van der Waals surface area contributed by atoms with E-state index < -0.39 is 10.3 Å². The number of rotatable bonds is 4. The molecule has 0 spiro atoms. The van der Waals surface area contributed by atoms with Gasteiger partial charge < -0.3 is 14.7 Å². The van der Waals surface area contributed by atoms with E-state index in [0.29, 0.717) is 21.8 Å². The van der Waals surface area contributed by atoms with Crippen molar-refractivity contribution < 1.29 is 13.2 Å². The van der Waals surface area contributed by atoms with Gasteiger partial charge in [-0.25, -0.2) is 0 Å². The first-order chi connectivity index (χ1) is 11.6. The van der Waals surface area contributed by atoms with Crippen molar-refractivity contribution in [1.82, 2.24) is 4.73 Å². The summed E-state index contributed by atoms with van der Waals surface area (Å²) in [5.41, 5.74) is 1.21. The monoisotopic (exact) mass is 340 g/mol. The van der Waals surface area contributed by atoms with Gasteiger partial charge in [0, 0.05) is 6.42 Å². The summed E-state index contributed by atoms with van der Waals surface area (Å²) in [6, 6.07) is 19.8. The SMILES string of the molecule is O=S(=O)=c1c(Cc2ccccc2Oc2ccccc2)cccn1[O-]. The first-order valence-electron chi connectivity index (χ1n) is 7.26. The molecule has 0 atom stereocenters. The molecular weight excluding hydrogens is 326 g/mol. The average Bonchev–Trinajstić information content (AvgIpc) is 2.57. The number of hydrogen-bond acceptors (Lipinski definition) is 4. The molecule has 2 aromatic carbocycles. The second-order valence-electron chi connectivity index (χ2n) is 5.10. The highest BCUT2D eigenvalue weighted by Gasteiger charge is 2.08. The van der Waals surface area contributed by atoms with Crippen molar-refractivity contribution in [2.24, 2.45) is 0 Å². The van der Waals surface area contributed by atoms with Gasteiger partial charge in [0.05, 0.1) is 0 Å². The summed E-state index contributed by atoms with van der Waals surface area (Å²) in [6.45, 7) is 0. The third-order valence-electron chi connectivity index (χ3n) is 3.48. The van der Waals surface area contributed by atoms with Gasteiger partial charge in [0.15, 0.2) is 4.64 Å². The molecule has 0 fully saturated rings. The van der Waals surface area contributed by atoms with Crippen LogP contribution in [0, 0.1) is 9.85 Å². The zero-order valence-corrected chi connectivity index (χ0v) is 13.4. The van der Waals surface area contributed by atoms with Gasteiger partial charge in [0.1, 0.15) is 11.5 Å². The summed E-state index contributed by atoms with van der Waals surface area (Å²) in [5.74, 6) is 1.30. The molecule has 3 aromatic rings. The number of hydrogen-bond donors (Lipinski definition) is 0. The molecule has 24 heavy (non-hydrogen) atoms. The number of ether oxygens (including phenoxy) is 1. The van der Waals surface area contributed by atoms with E-state index in [-0.39, 0.29) is 11.1 Å². The van der Waals surface area contributed by atoms with Crippen LogP contribution in [0.4, 0.5) is 0 Å². The van der Waals surface area contributed by atoms with Crippen LogP contribution in [0.1, 0.15) is 11.1 Å².